The number of H-pyrrole nitrogens is 1. The van der Waals surface area contributed by atoms with Crippen molar-refractivity contribution >= 4 is 40.5 Å². The van der Waals surface area contributed by atoms with Gasteiger partial charge in [-0.15, -0.1) is 0 Å². The smallest absolute Gasteiger partial charge is 0.478 e. The summed E-state index contributed by atoms with van der Waals surface area (Å²) in [6, 6.07) is 10.1. The molecule has 0 radical (unpaired) electrons. The quantitative estimate of drug-likeness (QED) is 0.131. The van der Waals surface area contributed by atoms with Gasteiger partial charge < -0.3 is 25.8 Å². The van der Waals surface area contributed by atoms with Crippen molar-refractivity contribution < 1.29 is 42.2 Å². The van der Waals surface area contributed by atoms with Crippen LogP contribution in [0.15, 0.2) is 48.8 Å². The number of rotatable bonds is 10. The number of halogens is 3. The van der Waals surface area contributed by atoms with Gasteiger partial charge in [0.25, 0.3) is 5.91 Å². The van der Waals surface area contributed by atoms with Crippen LogP contribution in [0.25, 0.3) is 10.9 Å². The number of carboxylic acids is 1. The van der Waals surface area contributed by atoms with Crippen LogP contribution in [0.4, 0.5) is 19.0 Å². The summed E-state index contributed by atoms with van der Waals surface area (Å²) < 4.78 is 39.2. The van der Waals surface area contributed by atoms with Crippen LogP contribution in [0.2, 0.25) is 0 Å². The number of carboxylic acid groups (broad SMARTS) is 1. The molecule has 232 valence electrons. The number of aromatic amines is 1. The summed E-state index contributed by atoms with van der Waals surface area (Å²) >= 11 is 0. The topological polar surface area (TPSA) is 175 Å². The highest BCUT2D eigenvalue weighted by molar-refractivity contribution is 6.01. The summed E-state index contributed by atoms with van der Waals surface area (Å²) in [6.45, 7) is 1.38. The molecular formula is C28H33F3N6O6. The third kappa shape index (κ3) is 9.97. The second-order valence-corrected chi connectivity index (χ2v) is 10.0. The van der Waals surface area contributed by atoms with Gasteiger partial charge in [0.15, 0.2) is 0 Å². The molecule has 1 aromatic carbocycles. The molecule has 2 amide bonds. The number of pyridine rings is 1. The zero-order valence-corrected chi connectivity index (χ0v) is 23.4. The Morgan fingerprint density at radius 3 is 2.47 bits per heavy atom. The van der Waals surface area contributed by atoms with Gasteiger partial charge in [0, 0.05) is 29.6 Å². The maximum absolute atomic E-state index is 12.5. The van der Waals surface area contributed by atoms with Crippen molar-refractivity contribution in [1.29, 1.82) is 0 Å². The fourth-order valence-corrected chi connectivity index (χ4v) is 4.24. The number of ether oxygens (including phenoxy) is 1. The normalized spacial score (nSPS) is 14.9. The second-order valence-electron chi connectivity index (χ2n) is 10.0. The number of nitrogens with zero attached hydrogens (tertiary/aromatic N) is 2. The van der Waals surface area contributed by atoms with E-state index in [-0.39, 0.29) is 24.9 Å². The van der Waals surface area contributed by atoms with Crippen molar-refractivity contribution in [1.82, 2.24) is 25.8 Å². The van der Waals surface area contributed by atoms with Crippen molar-refractivity contribution in [2.45, 2.75) is 57.3 Å². The Hall–Kier alpha value is -4.69. The summed E-state index contributed by atoms with van der Waals surface area (Å²) in [4.78, 5) is 51.0. The number of anilines is 1. The molecule has 1 aliphatic carbocycles. The minimum Gasteiger partial charge on any atom is -0.478 e. The lowest BCUT2D eigenvalue weighted by Crippen LogP contribution is -2.64. The minimum atomic E-state index is -4.92. The first kappa shape index (κ1) is 32.8. The van der Waals surface area contributed by atoms with Gasteiger partial charge in [-0.3, -0.25) is 14.7 Å². The average molecular weight is 607 g/mol. The number of nitrogens with one attached hydrogen (secondary N) is 4. The van der Waals surface area contributed by atoms with E-state index in [0.717, 1.165) is 43.0 Å². The number of benzene rings is 1. The lowest BCUT2D eigenvalue weighted by Gasteiger charge is -2.30. The van der Waals surface area contributed by atoms with Crippen LogP contribution >= 0.6 is 0 Å². The van der Waals surface area contributed by atoms with Crippen LogP contribution < -0.4 is 16.0 Å². The highest BCUT2D eigenvalue weighted by Gasteiger charge is 2.41. The summed E-state index contributed by atoms with van der Waals surface area (Å²) in [5.41, 5.74) is -0.816. The first-order valence-electron chi connectivity index (χ1n) is 13.6. The molecule has 0 saturated heterocycles. The number of hydrogen-bond donors (Lipinski definition) is 5. The van der Waals surface area contributed by atoms with E-state index < -0.39 is 29.7 Å². The Morgan fingerprint density at radius 2 is 1.81 bits per heavy atom. The Bertz CT molecular complexity index is 1390. The summed E-state index contributed by atoms with van der Waals surface area (Å²) in [5, 5.41) is 24.8. The zero-order chi connectivity index (χ0) is 31.5. The zero-order valence-electron chi connectivity index (χ0n) is 23.4. The van der Waals surface area contributed by atoms with Crippen LogP contribution in [0.3, 0.4) is 0 Å². The first-order valence-corrected chi connectivity index (χ1v) is 13.6. The molecule has 5 N–H and O–H groups in total. The molecule has 2 aromatic heterocycles. The predicted octanol–water partition coefficient (Wildman–Crippen LogP) is 3.78. The lowest BCUT2D eigenvalue weighted by atomic mass is 9.88. The molecule has 1 atom stereocenters. The Morgan fingerprint density at radius 1 is 1.07 bits per heavy atom. The SMILES string of the molecule is CC(NC(=O)c1ccc2[nH]ncc2c1)(NC(=O)C1CCCCC1)C(=O)O.O=C(OCCCNc1ccccn1)C(F)(F)F. The summed E-state index contributed by atoms with van der Waals surface area (Å²) in [6.07, 6.45) is 3.01. The van der Waals surface area contributed by atoms with Crippen LogP contribution in [-0.2, 0) is 19.1 Å². The fraction of sp³-hybridized carbons (Fsp3) is 0.429. The highest BCUT2D eigenvalue weighted by Crippen LogP contribution is 2.24. The largest absolute Gasteiger partial charge is 0.490 e. The van der Waals surface area contributed by atoms with E-state index in [0.29, 0.717) is 17.9 Å². The molecule has 43 heavy (non-hydrogen) atoms. The maximum atomic E-state index is 12.5. The highest BCUT2D eigenvalue weighted by atomic mass is 19.4. The van der Waals surface area contributed by atoms with Gasteiger partial charge in [-0.05, 0) is 56.5 Å². The molecule has 1 unspecified atom stereocenters. The van der Waals surface area contributed by atoms with E-state index in [1.807, 2.05) is 0 Å². The number of carbonyl (C=O) groups excluding carboxylic acids is 3. The number of hydrogen-bond acceptors (Lipinski definition) is 8. The monoisotopic (exact) mass is 606 g/mol. The van der Waals surface area contributed by atoms with E-state index in [1.165, 1.54) is 6.92 Å². The number of esters is 1. The van der Waals surface area contributed by atoms with Crippen LogP contribution in [0.5, 0.6) is 0 Å². The molecule has 12 nitrogen and oxygen atoms in total. The molecule has 2 heterocycles. The second kappa shape index (κ2) is 15.0. The number of aromatic nitrogens is 3. The minimum absolute atomic E-state index is 0.207. The molecule has 3 aromatic rings. The molecule has 4 rings (SSSR count). The van der Waals surface area contributed by atoms with Gasteiger partial charge in [-0.2, -0.15) is 18.3 Å². The van der Waals surface area contributed by atoms with Crippen LogP contribution in [-0.4, -0.2) is 69.0 Å². The van der Waals surface area contributed by atoms with Crippen LogP contribution in [0, 0.1) is 5.92 Å². The molecule has 0 bridgehead atoms. The van der Waals surface area contributed by atoms with Crippen molar-refractivity contribution in [2.75, 3.05) is 18.5 Å². The standard InChI is InChI=1S/C18H22N4O4.C10H11F3N2O2/c1-18(17(25)26,20-15(23)11-5-3-2-4-6-11)21-16(24)12-7-8-14-13(9-12)10-19-22-14;11-10(12,13)9(16)17-7-3-6-15-8-4-1-2-5-14-8/h7-11H,2-6H2,1H3,(H,19,22)(H,20,23)(H,21,24)(H,25,26);1-2,4-5H,3,6-7H2,(H,14,15). The Balaban J connectivity index is 0.000000259. The maximum Gasteiger partial charge on any atom is 0.490 e. The average Bonchev–Trinajstić information content (AvgIpc) is 3.46. The fourth-order valence-electron chi connectivity index (χ4n) is 4.24. The molecule has 15 heteroatoms. The van der Waals surface area contributed by atoms with Crippen molar-refractivity contribution in [3.05, 3.63) is 54.4 Å². The van der Waals surface area contributed by atoms with E-state index >= 15 is 0 Å². The van der Waals surface area contributed by atoms with Gasteiger partial charge in [-0.25, -0.2) is 14.6 Å². The molecule has 1 saturated carbocycles. The lowest BCUT2D eigenvalue weighted by molar-refractivity contribution is -0.199. The third-order valence-electron chi connectivity index (χ3n) is 6.60. The van der Waals surface area contributed by atoms with E-state index in [4.69, 9.17) is 0 Å². The molecular weight excluding hydrogens is 573 g/mol. The molecule has 1 aliphatic rings. The number of aliphatic carboxylic acids is 1. The van der Waals surface area contributed by atoms with Gasteiger partial charge >= 0.3 is 18.1 Å². The van der Waals surface area contributed by atoms with Gasteiger partial charge in [0.2, 0.25) is 11.6 Å². The van der Waals surface area contributed by atoms with Gasteiger partial charge in [0.05, 0.1) is 18.3 Å². The number of amides is 2. The van der Waals surface area contributed by atoms with Crippen LogP contribution in [0.1, 0.15) is 55.8 Å². The number of fused-ring (bicyclic) bond motifs is 1. The van der Waals surface area contributed by atoms with Crippen molar-refractivity contribution in [3.63, 3.8) is 0 Å². The number of alkyl halides is 3. The Kier molecular flexibility index (Phi) is 11.4. The van der Waals surface area contributed by atoms with E-state index in [1.54, 1.807) is 48.8 Å². The first-order chi connectivity index (χ1) is 20.4. The van der Waals surface area contributed by atoms with Crippen molar-refractivity contribution in [3.8, 4) is 0 Å². The summed E-state index contributed by atoms with van der Waals surface area (Å²) in [5.74, 6) is -3.98. The summed E-state index contributed by atoms with van der Waals surface area (Å²) in [7, 11) is 0. The Labute approximate surface area is 244 Å². The van der Waals surface area contributed by atoms with Gasteiger partial charge in [0.1, 0.15) is 5.82 Å². The third-order valence-corrected chi connectivity index (χ3v) is 6.60. The molecule has 0 aliphatic heterocycles. The molecule has 0 spiro atoms. The van der Waals surface area contributed by atoms with Crippen molar-refractivity contribution in [2.24, 2.45) is 5.92 Å². The predicted molar refractivity (Wildman–Crippen MR) is 149 cm³/mol. The number of carbonyl (C=O) groups is 4. The van der Waals surface area contributed by atoms with E-state index in [9.17, 15) is 37.5 Å². The van der Waals surface area contributed by atoms with E-state index in [2.05, 4.69) is 35.9 Å². The molecule has 1 fully saturated rings. The van der Waals surface area contributed by atoms with Gasteiger partial charge in [-0.1, -0.05) is 25.3 Å².